The number of halogens is 2. The van der Waals surface area contributed by atoms with E-state index in [1.165, 1.54) is 15.9 Å². The number of carbonyl (C=O) groups excluding carboxylic acids is 3. The number of benzene rings is 4. The van der Waals surface area contributed by atoms with Crippen LogP contribution >= 0.6 is 15.9 Å². The first-order valence-corrected chi connectivity index (χ1v) is 14.0. The Bertz CT molecular complexity index is 1590. The number of rotatable bonds is 7. The first-order chi connectivity index (χ1) is 19.4. The maximum absolute atomic E-state index is 15.6. The highest BCUT2D eigenvalue weighted by Crippen LogP contribution is 2.53. The van der Waals surface area contributed by atoms with E-state index >= 15 is 4.39 Å². The van der Waals surface area contributed by atoms with Gasteiger partial charge in [-0.3, -0.25) is 19.3 Å². The highest BCUT2D eigenvalue weighted by Gasteiger charge is 2.61. The van der Waals surface area contributed by atoms with Crippen LogP contribution in [-0.4, -0.2) is 22.6 Å². The molecule has 0 bridgehead atoms. The topological polar surface area (TPSA) is 57.7 Å². The number of anilines is 1. The first-order valence-electron chi connectivity index (χ1n) is 13.2. The molecule has 0 radical (unpaired) electrons. The second-order valence-corrected chi connectivity index (χ2v) is 11.3. The predicted octanol–water partition coefficient (Wildman–Crippen LogP) is 6.19. The first kappa shape index (κ1) is 26.1. The van der Waals surface area contributed by atoms with Crippen LogP contribution < -0.4 is 4.90 Å². The van der Waals surface area contributed by atoms with Crippen LogP contribution in [0.3, 0.4) is 0 Å². The van der Waals surface area contributed by atoms with E-state index in [1.807, 2.05) is 84.9 Å². The summed E-state index contributed by atoms with van der Waals surface area (Å²) in [6, 6.07) is 30.9. The number of amides is 3. The van der Waals surface area contributed by atoms with Gasteiger partial charge in [0.05, 0.1) is 30.1 Å². The average Bonchev–Trinajstić information content (AvgIpc) is 3.38. The Labute approximate surface area is 240 Å². The molecule has 4 aromatic carbocycles. The molecular weight excluding hydrogens is 571 g/mol. The molecule has 0 spiro atoms. The van der Waals surface area contributed by atoms with E-state index < -0.39 is 23.1 Å². The minimum Gasteiger partial charge on any atom is -0.304 e. The lowest BCUT2D eigenvalue weighted by molar-refractivity contribution is -0.142. The molecule has 3 amide bonds. The van der Waals surface area contributed by atoms with Gasteiger partial charge in [0.15, 0.2) is 0 Å². The SMILES string of the molecule is O=C1C[C@H]([C@]2(Cc3ccc(Br)cc3)C(=O)N(Cc3ccccc3)c3c(F)cccc32)C(=O)N1Cc1ccccc1. The quantitative estimate of drug-likeness (QED) is 0.239. The molecule has 40 heavy (non-hydrogen) atoms. The summed E-state index contributed by atoms with van der Waals surface area (Å²) in [5.74, 6) is -2.61. The van der Waals surface area contributed by atoms with Crippen LogP contribution in [0.2, 0.25) is 0 Å². The molecule has 5 nitrogen and oxygen atoms in total. The van der Waals surface area contributed by atoms with E-state index in [0.29, 0.717) is 5.56 Å². The number of imide groups is 1. The molecule has 2 heterocycles. The molecule has 2 aliphatic heterocycles. The molecule has 200 valence electrons. The second-order valence-electron chi connectivity index (χ2n) is 10.3. The van der Waals surface area contributed by atoms with E-state index in [2.05, 4.69) is 15.9 Å². The highest BCUT2D eigenvalue weighted by molar-refractivity contribution is 9.10. The van der Waals surface area contributed by atoms with E-state index in [1.54, 1.807) is 12.1 Å². The molecule has 1 saturated heterocycles. The van der Waals surface area contributed by atoms with Crippen LogP contribution in [0.1, 0.15) is 28.7 Å². The monoisotopic (exact) mass is 596 g/mol. The lowest BCUT2D eigenvalue weighted by Crippen LogP contribution is -2.49. The summed E-state index contributed by atoms with van der Waals surface area (Å²) in [6.45, 7) is 0.277. The summed E-state index contributed by atoms with van der Waals surface area (Å²) < 4.78 is 16.5. The lowest BCUT2D eigenvalue weighted by Gasteiger charge is -2.33. The smallest absolute Gasteiger partial charge is 0.239 e. The van der Waals surface area contributed by atoms with Crippen molar-refractivity contribution in [3.05, 3.63) is 136 Å². The third-order valence-electron chi connectivity index (χ3n) is 7.97. The summed E-state index contributed by atoms with van der Waals surface area (Å²) in [5.41, 5.74) is 1.65. The van der Waals surface area contributed by atoms with Crippen molar-refractivity contribution < 1.29 is 18.8 Å². The van der Waals surface area contributed by atoms with Crippen LogP contribution in [-0.2, 0) is 39.3 Å². The van der Waals surface area contributed by atoms with Crippen molar-refractivity contribution in [1.82, 2.24) is 4.90 Å². The fourth-order valence-electron chi connectivity index (χ4n) is 6.08. The molecule has 7 heteroatoms. The molecule has 0 aromatic heterocycles. The van der Waals surface area contributed by atoms with Gasteiger partial charge in [-0.25, -0.2) is 4.39 Å². The number of hydrogen-bond donors (Lipinski definition) is 0. The molecule has 2 aliphatic rings. The summed E-state index contributed by atoms with van der Waals surface area (Å²) in [5, 5.41) is 0. The Hall–Kier alpha value is -4.10. The molecule has 2 atom stereocenters. The van der Waals surface area contributed by atoms with E-state index in [4.69, 9.17) is 0 Å². The number of likely N-dealkylation sites (tertiary alicyclic amines) is 1. The van der Waals surface area contributed by atoms with Gasteiger partial charge in [0.1, 0.15) is 5.82 Å². The largest absolute Gasteiger partial charge is 0.304 e. The van der Waals surface area contributed by atoms with Gasteiger partial charge in [-0.15, -0.1) is 0 Å². The van der Waals surface area contributed by atoms with Crippen molar-refractivity contribution in [3.63, 3.8) is 0 Å². The van der Waals surface area contributed by atoms with Crippen LogP contribution in [0.25, 0.3) is 0 Å². The standard InChI is InChI=1S/C33H26BrFN2O3/c34-25-16-14-22(15-17-25)19-33(27-18-29(38)36(31(27)39)20-23-8-3-1-4-9-23)26-12-7-13-28(35)30(26)37(32(33)40)21-24-10-5-2-6-11-24/h1-17,27H,18-21H2/t27-,33+/m0/s1. The Morgan fingerprint density at radius 1 is 0.725 bits per heavy atom. The Morgan fingerprint density at radius 2 is 1.32 bits per heavy atom. The van der Waals surface area contributed by atoms with Crippen molar-refractivity contribution in [2.24, 2.45) is 5.92 Å². The van der Waals surface area contributed by atoms with Crippen molar-refractivity contribution in [3.8, 4) is 0 Å². The number of fused-ring (bicyclic) bond motifs is 1. The average molecular weight is 597 g/mol. The molecule has 6 rings (SSSR count). The maximum atomic E-state index is 15.6. The predicted molar refractivity (Wildman–Crippen MR) is 154 cm³/mol. The zero-order valence-electron chi connectivity index (χ0n) is 21.6. The third kappa shape index (κ3) is 4.44. The Kier molecular flexibility index (Phi) is 6.84. The summed E-state index contributed by atoms with van der Waals surface area (Å²) >= 11 is 3.46. The van der Waals surface area contributed by atoms with Gasteiger partial charge in [0.2, 0.25) is 17.7 Å². The number of para-hydroxylation sites is 1. The highest BCUT2D eigenvalue weighted by atomic mass is 79.9. The fourth-order valence-corrected chi connectivity index (χ4v) is 6.34. The van der Waals surface area contributed by atoms with Crippen LogP contribution in [0.5, 0.6) is 0 Å². The molecule has 0 saturated carbocycles. The molecule has 0 aliphatic carbocycles. The van der Waals surface area contributed by atoms with Crippen LogP contribution in [0.15, 0.2) is 108 Å². The van der Waals surface area contributed by atoms with E-state index in [-0.39, 0.29) is 43.4 Å². The van der Waals surface area contributed by atoms with Crippen LogP contribution in [0.4, 0.5) is 10.1 Å². The summed E-state index contributed by atoms with van der Waals surface area (Å²) in [7, 11) is 0. The minimum absolute atomic E-state index is 0.122. The van der Waals surface area contributed by atoms with Crippen molar-refractivity contribution in [2.45, 2.75) is 31.3 Å². The van der Waals surface area contributed by atoms with Crippen molar-refractivity contribution in [1.29, 1.82) is 0 Å². The van der Waals surface area contributed by atoms with Crippen LogP contribution in [0, 0.1) is 11.7 Å². The van der Waals surface area contributed by atoms with E-state index in [0.717, 1.165) is 21.2 Å². The van der Waals surface area contributed by atoms with Gasteiger partial charge in [0, 0.05) is 10.9 Å². The normalized spacial score (nSPS) is 20.4. The third-order valence-corrected chi connectivity index (χ3v) is 8.49. The molecule has 1 fully saturated rings. The summed E-state index contributed by atoms with van der Waals surface area (Å²) in [4.78, 5) is 44.8. The van der Waals surface area contributed by atoms with Gasteiger partial charge in [-0.2, -0.15) is 0 Å². The minimum atomic E-state index is -1.45. The van der Waals surface area contributed by atoms with Gasteiger partial charge >= 0.3 is 0 Å². The molecule has 0 N–H and O–H groups in total. The van der Waals surface area contributed by atoms with Gasteiger partial charge in [0.25, 0.3) is 0 Å². The second kappa shape index (κ2) is 10.5. The summed E-state index contributed by atoms with van der Waals surface area (Å²) in [6.07, 6.45) is 0.0345. The molecule has 0 unspecified atom stereocenters. The number of hydrogen-bond acceptors (Lipinski definition) is 3. The van der Waals surface area contributed by atoms with Gasteiger partial charge < -0.3 is 4.90 Å². The molecular formula is C33H26BrFN2O3. The van der Waals surface area contributed by atoms with Crippen molar-refractivity contribution in [2.75, 3.05) is 4.90 Å². The van der Waals surface area contributed by atoms with Gasteiger partial charge in [-0.05, 0) is 46.9 Å². The zero-order valence-corrected chi connectivity index (χ0v) is 23.2. The Morgan fingerprint density at radius 3 is 1.95 bits per heavy atom. The zero-order chi connectivity index (χ0) is 27.9. The van der Waals surface area contributed by atoms with Gasteiger partial charge in [-0.1, -0.05) is 101 Å². The fraction of sp³-hybridized carbons (Fsp3) is 0.182. The number of carbonyl (C=O) groups is 3. The molecule has 4 aromatic rings. The van der Waals surface area contributed by atoms with E-state index in [9.17, 15) is 14.4 Å². The Balaban J connectivity index is 1.48. The number of nitrogens with zero attached hydrogens (tertiary/aromatic N) is 2. The maximum Gasteiger partial charge on any atom is 0.239 e. The van der Waals surface area contributed by atoms with Crippen molar-refractivity contribution >= 4 is 39.3 Å². The lowest BCUT2D eigenvalue weighted by atomic mass is 9.66.